The minimum Gasteiger partial charge on any atom is -0.134 e. The van der Waals surface area contributed by atoms with Gasteiger partial charge in [0.05, 0.1) is 40.5 Å². The van der Waals surface area contributed by atoms with Gasteiger partial charge in [-0.2, -0.15) is 0 Å². The van der Waals surface area contributed by atoms with Crippen LogP contribution < -0.4 is 0 Å². The Labute approximate surface area is 658 Å². The molecule has 104 heavy (non-hydrogen) atoms. The molecule has 12 aromatic carbocycles. The molecule has 8 heteroatoms. The fourth-order valence-corrected chi connectivity index (χ4v) is 25.2. The third-order valence-corrected chi connectivity index (χ3v) is 29.0. The molecule has 0 nitrogen and oxygen atoms in total. The Bertz CT molecular complexity index is 5510. The number of hydrogen-bond donors (Lipinski definition) is 0. The van der Waals surface area contributed by atoms with Crippen LogP contribution in [0, 0.1) is 55.4 Å². The van der Waals surface area contributed by atoms with Gasteiger partial charge in [0.15, 0.2) is 0 Å². The molecule has 0 radical (unpaired) electrons. The summed E-state index contributed by atoms with van der Waals surface area (Å²) in [6.07, 6.45) is 0. The highest BCUT2D eigenvalue weighted by Crippen LogP contribution is 2.71. The van der Waals surface area contributed by atoms with Gasteiger partial charge in [0.25, 0.3) is 0 Å². The molecule has 0 bridgehead atoms. The van der Waals surface area contributed by atoms with Crippen LogP contribution in [0.5, 0.6) is 0 Å². The van der Waals surface area contributed by atoms with Crippen molar-refractivity contribution in [3.05, 3.63) is 422 Å². The van der Waals surface area contributed by atoms with Crippen LogP contribution in [0.2, 0.25) is 0 Å². The number of benzene rings is 12. The molecule has 4 aliphatic carbocycles. The number of thiophene rings is 4. The lowest BCUT2D eigenvalue weighted by Crippen LogP contribution is -2.29. The van der Waals surface area contributed by atoms with Crippen molar-refractivity contribution in [1.82, 2.24) is 0 Å². The molecule has 16 aromatic rings. The molecule has 0 spiro atoms. The molecule has 0 N–H and O–H groups in total. The third-order valence-electron chi connectivity index (χ3n) is 22.8. The highest BCUT2D eigenvalue weighted by atomic mass is 80.9. The van der Waals surface area contributed by atoms with Crippen molar-refractivity contribution in [3.8, 4) is 41.8 Å². The first-order valence-electron chi connectivity index (χ1n) is 35.4. The Morgan fingerprint density at radius 2 is 0.394 bits per heavy atom. The molecule has 0 amide bonds. The van der Waals surface area contributed by atoms with E-state index in [1.54, 1.807) is 0 Å². The van der Waals surface area contributed by atoms with Crippen LogP contribution in [-0.2, 0) is 21.7 Å². The van der Waals surface area contributed by atoms with Gasteiger partial charge in [-0.05, 0) is 169 Å². The van der Waals surface area contributed by atoms with Gasteiger partial charge in [-0.15, -0.1) is 45.3 Å². The van der Waals surface area contributed by atoms with Gasteiger partial charge in [-0.3, -0.25) is 0 Å². The van der Waals surface area contributed by atoms with Gasteiger partial charge in [-0.25, -0.2) is 0 Å². The van der Waals surface area contributed by atoms with Gasteiger partial charge in [0.1, 0.15) is 0 Å². The first-order valence-corrected chi connectivity index (χ1v) is 43.9. The van der Waals surface area contributed by atoms with Crippen molar-refractivity contribution in [1.29, 1.82) is 0 Å². The number of aryl methyl sites for hydroxylation is 8. The van der Waals surface area contributed by atoms with Gasteiger partial charge >= 0.3 is 0 Å². The summed E-state index contributed by atoms with van der Waals surface area (Å²) in [7, 11) is 0. The number of rotatable bonds is 8. The maximum absolute atomic E-state index is 3.91. The number of hydrogen-bond acceptors (Lipinski definition) is 4. The summed E-state index contributed by atoms with van der Waals surface area (Å²) in [5.74, 6) is 0. The second-order valence-electron chi connectivity index (χ2n) is 28.9. The fourth-order valence-electron chi connectivity index (χ4n) is 18.1. The van der Waals surface area contributed by atoms with Crippen LogP contribution in [0.15, 0.2) is 288 Å². The van der Waals surface area contributed by atoms with Crippen molar-refractivity contribution < 1.29 is 0 Å². The fraction of sp³-hybridized carbons (Fsp3) is 0.125. The van der Waals surface area contributed by atoms with Crippen LogP contribution >= 0.6 is 105 Å². The molecule has 0 fully saturated rings. The van der Waals surface area contributed by atoms with Crippen molar-refractivity contribution in [2.45, 2.75) is 77.0 Å². The first kappa shape index (κ1) is 67.7. The standard InChI is InChI=1S/C48H34Br2S2.C48H36S2.Br2/c1-27-5-13-31(14-6-27)47(32-15-7-28(2)8-16-32)39-25-35(49)21-23-37(39)43-41(47)45-46(51-43)42-44(52-45)38-24-22-36(50)26-40(38)48(42,33-17-9-29(3)10-18-33)34-19-11-30(4)12-20-34;1-29-13-21-33(22-14-29)47(34-23-15-30(2)16-24-34)39-11-7-5-9-37(39)43-41(47)45-46(49-43)42-44(50-45)38-10-6-8-12-40(38)48(42,35-25-17-31(3)18-26-35)36-27-19-32(4)20-28-36;1-2/h5-26H,1-4H3;5-28H,1-4H3;. The van der Waals surface area contributed by atoms with Gasteiger partial charge in [0, 0.05) is 79.0 Å². The van der Waals surface area contributed by atoms with E-state index in [4.69, 9.17) is 0 Å². The Balaban J connectivity index is 0.000000145. The van der Waals surface area contributed by atoms with E-state index in [2.05, 4.69) is 395 Å². The lowest BCUT2D eigenvalue weighted by Gasteiger charge is -2.34. The topological polar surface area (TPSA) is 0 Å². The van der Waals surface area contributed by atoms with Crippen molar-refractivity contribution in [2.24, 2.45) is 0 Å². The molecule has 0 saturated carbocycles. The predicted molar refractivity (Wildman–Crippen MR) is 460 cm³/mol. The summed E-state index contributed by atoms with van der Waals surface area (Å²) in [6, 6.07) is 107. The van der Waals surface area contributed by atoms with E-state index in [-0.39, 0.29) is 0 Å². The van der Waals surface area contributed by atoms with Crippen molar-refractivity contribution >= 4 is 124 Å². The second kappa shape index (κ2) is 25.8. The quantitative estimate of drug-likeness (QED) is 0.142. The normalized spacial score (nSPS) is 14.5. The summed E-state index contributed by atoms with van der Waals surface area (Å²) in [6.45, 7) is 17.5. The highest BCUT2D eigenvalue weighted by molar-refractivity contribution is 9.93. The largest absolute Gasteiger partial charge is 0.134 e. The number of halogens is 4. The van der Waals surface area contributed by atoms with Crippen LogP contribution in [0.3, 0.4) is 0 Å². The van der Waals surface area contributed by atoms with Crippen LogP contribution in [0.1, 0.15) is 134 Å². The van der Waals surface area contributed by atoms with E-state index < -0.39 is 21.7 Å². The smallest absolute Gasteiger partial charge is 0.0736 e. The summed E-state index contributed by atoms with van der Waals surface area (Å²) < 4.78 is 7.85. The summed E-state index contributed by atoms with van der Waals surface area (Å²) in [4.78, 5) is 5.57. The zero-order valence-corrected chi connectivity index (χ0v) is 68.3. The maximum Gasteiger partial charge on any atom is 0.0736 e. The zero-order valence-electron chi connectivity index (χ0n) is 58.7. The molecule has 0 aliphatic heterocycles. The molecule has 4 aromatic heterocycles. The van der Waals surface area contributed by atoms with Gasteiger partial charge in [-0.1, -0.05) is 331 Å². The van der Waals surface area contributed by atoms with Gasteiger partial charge < -0.3 is 0 Å². The van der Waals surface area contributed by atoms with E-state index in [0.717, 1.165) is 8.95 Å². The third kappa shape index (κ3) is 9.77. The van der Waals surface area contributed by atoms with Crippen LogP contribution in [0.4, 0.5) is 0 Å². The Hall–Kier alpha value is -8.12. The minimum absolute atomic E-state index is 0.430. The predicted octanol–water partition coefficient (Wildman–Crippen LogP) is 29.1. The van der Waals surface area contributed by atoms with E-state index in [1.807, 2.05) is 45.3 Å². The lowest BCUT2D eigenvalue weighted by molar-refractivity contribution is 0.773. The van der Waals surface area contributed by atoms with Crippen molar-refractivity contribution in [2.75, 3.05) is 0 Å². The van der Waals surface area contributed by atoms with Crippen molar-refractivity contribution in [3.63, 3.8) is 0 Å². The zero-order chi connectivity index (χ0) is 71.3. The molecule has 506 valence electrons. The molecule has 0 saturated heterocycles. The first-order chi connectivity index (χ1) is 50.6. The average molecular weight is 1670 g/mol. The van der Waals surface area contributed by atoms with Crippen LogP contribution in [0.25, 0.3) is 60.6 Å². The lowest BCUT2D eigenvalue weighted by atomic mass is 9.66. The average Bonchev–Trinajstić information content (AvgIpc) is 1.50. The summed E-state index contributed by atoms with van der Waals surface area (Å²) in [5.41, 5.74) is 35.5. The molecular weight excluding hydrogens is 1600 g/mol. The maximum atomic E-state index is 3.91. The van der Waals surface area contributed by atoms with Gasteiger partial charge in [0.2, 0.25) is 0 Å². The number of fused-ring (bicyclic) bond motifs is 18. The molecule has 20 rings (SSSR count). The van der Waals surface area contributed by atoms with E-state index in [1.165, 1.54) is 194 Å². The molecule has 0 unspecified atom stereocenters. The molecular formula is C96H70Br4S4. The van der Waals surface area contributed by atoms with E-state index >= 15 is 0 Å². The minimum atomic E-state index is -0.481. The van der Waals surface area contributed by atoms with E-state index in [9.17, 15) is 0 Å². The summed E-state index contributed by atoms with van der Waals surface area (Å²) in [5, 5.41) is 0. The van der Waals surface area contributed by atoms with E-state index in [0.29, 0.717) is 0 Å². The molecule has 0 atom stereocenters. The summed E-state index contributed by atoms with van der Waals surface area (Å²) >= 11 is 21.4. The molecule has 4 aliphatic rings. The highest BCUT2D eigenvalue weighted by Gasteiger charge is 2.56. The monoisotopic (exact) mass is 1670 g/mol. The Morgan fingerprint density at radius 1 is 0.212 bits per heavy atom. The van der Waals surface area contributed by atoms with Crippen LogP contribution in [-0.4, -0.2) is 0 Å². The molecule has 4 heterocycles. The SMILES string of the molecule is BrBr.Cc1ccc(C2(c3ccc(C)cc3)c3cc(Br)ccc3-c3sc4c5c(sc4c32)-c2ccc(Br)cc2C5(c2ccc(C)cc2)c2ccc(C)cc2)cc1.Cc1ccc(C2(c3ccc(C)cc3)c3ccccc3-c3sc4c5c(sc4c32)-c2ccccc2C5(c2ccc(C)cc2)c2ccc(C)cc2)cc1. The second-order valence-corrected chi connectivity index (χ2v) is 34.9. The Kier molecular flexibility index (Phi) is 16.8. The Morgan fingerprint density at radius 3 is 0.606 bits per heavy atom.